The Bertz CT molecular complexity index is 382. The van der Waals surface area contributed by atoms with Crippen molar-refractivity contribution in [3.8, 4) is 0 Å². The molecule has 0 unspecified atom stereocenters. The maximum Gasteiger partial charge on any atom is 0.240 e. The van der Waals surface area contributed by atoms with Crippen molar-refractivity contribution in [2.45, 2.75) is 39.3 Å². The molecule has 0 atom stereocenters. The van der Waals surface area contributed by atoms with E-state index in [1.54, 1.807) is 10.8 Å². The smallest absolute Gasteiger partial charge is 0.240 e. The molecule has 5 heteroatoms. The van der Waals surface area contributed by atoms with E-state index in [0.717, 1.165) is 6.42 Å². The van der Waals surface area contributed by atoms with Crippen LogP contribution in [0.2, 0.25) is 0 Å². The minimum absolute atomic E-state index is 0.0818. The van der Waals surface area contributed by atoms with Gasteiger partial charge >= 0.3 is 0 Å². The van der Waals surface area contributed by atoms with E-state index < -0.39 is 0 Å². The Kier molecular flexibility index (Phi) is 3.82. The van der Waals surface area contributed by atoms with Crippen molar-refractivity contribution in [2.75, 3.05) is 0 Å². The van der Waals surface area contributed by atoms with Gasteiger partial charge in [-0.1, -0.05) is 6.92 Å². The lowest BCUT2D eigenvalue weighted by atomic mass is 10.0. The predicted molar refractivity (Wildman–Crippen MR) is 60.1 cm³/mol. The van der Waals surface area contributed by atoms with Gasteiger partial charge in [0.05, 0.1) is 6.33 Å². The van der Waals surface area contributed by atoms with Crippen molar-refractivity contribution in [3.63, 3.8) is 0 Å². The summed E-state index contributed by atoms with van der Waals surface area (Å²) in [4.78, 5) is 25.9. The van der Waals surface area contributed by atoms with Crippen LogP contribution in [-0.2, 0) is 11.3 Å². The molecule has 1 aromatic heterocycles. The van der Waals surface area contributed by atoms with Gasteiger partial charge in [0.1, 0.15) is 12.2 Å². The average molecular weight is 223 g/mol. The lowest BCUT2D eigenvalue weighted by Crippen LogP contribution is -2.44. The largest absolute Gasteiger partial charge is 0.350 e. The van der Waals surface area contributed by atoms with Gasteiger partial charge in [-0.2, -0.15) is 0 Å². The van der Waals surface area contributed by atoms with E-state index in [1.165, 1.54) is 6.33 Å². The lowest BCUT2D eigenvalue weighted by molar-refractivity contribution is -0.123. The summed E-state index contributed by atoms with van der Waals surface area (Å²) in [6, 6.07) is 0. The molecule has 0 saturated heterocycles. The molecule has 0 aromatic carbocycles. The van der Waals surface area contributed by atoms with Gasteiger partial charge < -0.3 is 9.88 Å². The van der Waals surface area contributed by atoms with E-state index >= 15 is 0 Å². The van der Waals surface area contributed by atoms with Crippen LogP contribution in [0.1, 0.15) is 37.7 Å². The van der Waals surface area contributed by atoms with E-state index in [0.29, 0.717) is 12.0 Å². The quantitative estimate of drug-likeness (QED) is 0.757. The highest BCUT2D eigenvalue weighted by Crippen LogP contribution is 2.06. The Morgan fingerprint density at radius 3 is 2.81 bits per heavy atom. The van der Waals surface area contributed by atoms with Crippen LogP contribution in [-0.4, -0.2) is 27.3 Å². The molecule has 0 radical (unpaired) electrons. The Labute approximate surface area is 94.9 Å². The molecule has 1 amide bonds. The number of amides is 1. The number of nitrogens with one attached hydrogen (secondary N) is 1. The fourth-order valence-electron chi connectivity index (χ4n) is 1.20. The van der Waals surface area contributed by atoms with Crippen LogP contribution >= 0.6 is 0 Å². The third-order valence-electron chi connectivity index (χ3n) is 2.46. The summed E-state index contributed by atoms with van der Waals surface area (Å²) in [5, 5.41) is 2.91. The predicted octanol–water partition coefficient (Wildman–Crippen LogP) is 1.00. The summed E-state index contributed by atoms with van der Waals surface area (Å²) in [7, 11) is 0. The van der Waals surface area contributed by atoms with E-state index in [9.17, 15) is 9.59 Å². The van der Waals surface area contributed by atoms with Crippen LogP contribution in [0.3, 0.4) is 0 Å². The SMILES string of the molecule is CCC(C)(C)NC(=O)Cn1cnc(C=O)c1. The summed E-state index contributed by atoms with van der Waals surface area (Å²) in [6.07, 6.45) is 4.54. The zero-order valence-corrected chi connectivity index (χ0v) is 9.86. The summed E-state index contributed by atoms with van der Waals surface area (Å²) in [6.45, 7) is 6.14. The minimum Gasteiger partial charge on any atom is -0.350 e. The number of aldehydes is 1. The number of hydrogen-bond acceptors (Lipinski definition) is 3. The van der Waals surface area contributed by atoms with Crippen LogP contribution in [0.4, 0.5) is 0 Å². The van der Waals surface area contributed by atoms with Gasteiger partial charge in [-0.25, -0.2) is 4.98 Å². The van der Waals surface area contributed by atoms with Crippen LogP contribution in [0.5, 0.6) is 0 Å². The minimum atomic E-state index is -0.203. The Morgan fingerprint density at radius 2 is 2.31 bits per heavy atom. The van der Waals surface area contributed by atoms with Crippen molar-refractivity contribution in [1.82, 2.24) is 14.9 Å². The fourth-order valence-corrected chi connectivity index (χ4v) is 1.20. The molecule has 5 nitrogen and oxygen atoms in total. The van der Waals surface area contributed by atoms with Crippen LogP contribution in [0.25, 0.3) is 0 Å². The van der Waals surface area contributed by atoms with Gasteiger partial charge in [0.25, 0.3) is 0 Å². The molecular weight excluding hydrogens is 206 g/mol. The molecule has 1 N–H and O–H groups in total. The highest BCUT2D eigenvalue weighted by Gasteiger charge is 2.17. The first-order valence-electron chi connectivity index (χ1n) is 5.25. The van der Waals surface area contributed by atoms with Crippen LogP contribution < -0.4 is 5.32 Å². The average Bonchev–Trinajstić information content (AvgIpc) is 2.64. The van der Waals surface area contributed by atoms with Gasteiger partial charge in [0, 0.05) is 11.7 Å². The first-order valence-corrected chi connectivity index (χ1v) is 5.25. The van der Waals surface area contributed by atoms with Crippen LogP contribution in [0, 0.1) is 0 Å². The van der Waals surface area contributed by atoms with Gasteiger partial charge in [-0.05, 0) is 20.3 Å². The summed E-state index contributed by atoms with van der Waals surface area (Å²) in [5.41, 5.74) is 0.132. The number of carbonyl (C=O) groups excluding carboxylic acids is 2. The van der Waals surface area contributed by atoms with Gasteiger partial charge in [0.15, 0.2) is 6.29 Å². The molecule has 88 valence electrons. The second kappa shape index (κ2) is 4.92. The molecule has 0 spiro atoms. The van der Waals surface area contributed by atoms with Crippen molar-refractivity contribution in [1.29, 1.82) is 0 Å². The molecule has 0 aliphatic rings. The molecule has 0 fully saturated rings. The van der Waals surface area contributed by atoms with Crippen molar-refractivity contribution >= 4 is 12.2 Å². The van der Waals surface area contributed by atoms with Gasteiger partial charge in [-0.15, -0.1) is 0 Å². The topological polar surface area (TPSA) is 64.0 Å². The molecule has 0 saturated carbocycles. The number of aromatic nitrogens is 2. The van der Waals surface area contributed by atoms with Crippen molar-refractivity contribution < 1.29 is 9.59 Å². The third kappa shape index (κ3) is 3.49. The highest BCUT2D eigenvalue weighted by atomic mass is 16.2. The van der Waals surface area contributed by atoms with Crippen molar-refractivity contribution in [2.24, 2.45) is 0 Å². The zero-order chi connectivity index (χ0) is 12.2. The molecule has 0 aliphatic carbocycles. The van der Waals surface area contributed by atoms with E-state index in [2.05, 4.69) is 10.3 Å². The maximum absolute atomic E-state index is 11.6. The summed E-state index contributed by atoms with van der Waals surface area (Å²) in [5.74, 6) is -0.0818. The molecule has 1 heterocycles. The number of imidazole rings is 1. The zero-order valence-electron chi connectivity index (χ0n) is 9.86. The van der Waals surface area contributed by atoms with E-state index in [1.807, 2.05) is 20.8 Å². The number of nitrogens with zero attached hydrogens (tertiary/aromatic N) is 2. The molecule has 1 aromatic rings. The lowest BCUT2D eigenvalue weighted by Gasteiger charge is -2.24. The second-order valence-electron chi connectivity index (χ2n) is 4.37. The summed E-state index contributed by atoms with van der Waals surface area (Å²) >= 11 is 0. The molecule has 16 heavy (non-hydrogen) atoms. The first kappa shape index (κ1) is 12.4. The van der Waals surface area contributed by atoms with Crippen molar-refractivity contribution in [3.05, 3.63) is 18.2 Å². The highest BCUT2D eigenvalue weighted by molar-refractivity contribution is 5.77. The third-order valence-corrected chi connectivity index (χ3v) is 2.46. The number of rotatable bonds is 5. The standard InChI is InChI=1S/C11H17N3O2/c1-4-11(2,3)13-10(16)6-14-5-9(7-15)12-8-14/h5,7-8H,4,6H2,1-3H3,(H,13,16). The molecule has 0 aliphatic heterocycles. The monoisotopic (exact) mass is 223 g/mol. The van der Waals surface area contributed by atoms with E-state index in [-0.39, 0.29) is 18.0 Å². The maximum atomic E-state index is 11.6. The van der Waals surface area contributed by atoms with Gasteiger partial charge in [-0.3, -0.25) is 9.59 Å². The Morgan fingerprint density at radius 1 is 1.62 bits per heavy atom. The van der Waals surface area contributed by atoms with E-state index in [4.69, 9.17) is 0 Å². The van der Waals surface area contributed by atoms with Gasteiger partial charge in [0.2, 0.25) is 5.91 Å². The summed E-state index contributed by atoms with van der Waals surface area (Å²) < 4.78 is 1.59. The molecule has 1 rings (SSSR count). The normalized spacial score (nSPS) is 11.2. The molecule has 0 bridgehead atoms. The number of hydrogen-bond donors (Lipinski definition) is 1. The molecular formula is C11H17N3O2. The Balaban J connectivity index is 2.54. The Hall–Kier alpha value is -1.65. The number of carbonyl (C=O) groups is 2. The van der Waals surface area contributed by atoms with Crippen LogP contribution in [0.15, 0.2) is 12.5 Å². The fraction of sp³-hybridized carbons (Fsp3) is 0.545. The first-order chi connectivity index (χ1) is 7.46. The second-order valence-corrected chi connectivity index (χ2v) is 4.37.